The second-order valence-corrected chi connectivity index (χ2v) is 18.4. The van der Waals surface area contributed by atoms with Gasteiger partial charge in [0.2, 0.25) is 17.7 Å². The molecular weight excluding hydrogens is 875 g/mol. The predicted molar refractivity (Wildman–Crippen MR) is 263 cm³/mol. The lowest BCUT2D eigenvalue weighted by molar-refractivity contribution is -0.150. The Morgan fingerprint density at radius 1 is 0.585 bits per heavy atom. The van der Waals surface area contributed by atoms with Crippen LogP contribution >= 0.6 is 27.0 Å². The second-order valence-electron chi connectivity index (χ2n) is 18.4. The summed E-state index contributed by atoms with van der Waals surface area (Å²) in [6.45, 7) is 29.3. The monoisotopic (exact) mass is 960 g/mol. The molecule has 3 amide bonds. The molecular formula is C48H85N3O12S2. The molecule has 3 fully saturated rings. The van der Waals surface area contributed by atoms with Crippen LogP contribution in [0.3, 0.4) is 0 Å². The zero-order chi connectivity index (χ0) is 47.6. The molecule has 2 atom stereocenters. The highest BCUT2D eigenvalue weighted by Gasteiger charge is 2.30. The number of carbonyl (C=O) groups is 6. The second kappa shape index (κ2) is 33.2. The fourth-order valence-electron chi connectivity index (χ4n) is 6.55. The van der Waals surface area contributed by atoms with Crippen LogP contribution < -0.4 is 0 Å². The number of carbonyl (C=O) groups excluding carboxylic acids is 6. The normalized spacial score (nSPS) is 16.5. The van der Waals surface area contributed by atoms with Crippen molar-refractivity contribution in [3.8, 4) is 0 Å². The molecule has 0 spiro atoms. The lowest BCUT2D eigenvalue weighted by Crippen LogP contribution is -2.42. The maximum atomic E-state index is 12.3. The van der Waals surface area contributed by atoms with Crippen molar-refractivity contribution in [3.05, 3.63) is 37.0 Å². The highest BCUT2D eigenvalue weighted by molar-refractivity contribution is 7.59. The van der Waals surface area contributed by atoms with Crippen LogP contribution in [0.1, 0.15) is 106 Å². The van der Waals surface area contributed by atoms with Gasteiger partial charge in [0.25, 0.3) is 0 Å². The highest BCUT2D eigenvalue weighted by Crippen LogP contribution is 2.30. The molecule has 0 saturated carbocycles. The summed E-state index contributed by atoms with van der Waals surface area (Å²) in [5.41, 5.74) is 0.424. The summed E-state index contributed by atoms with van der Waals surface area (Å²) >= 11 is 0. The minimum Gasteiger partial charge on any atom is -0.469 e. The highest BCUT2D eigenvalue weighted by atomic mass is 32.1. The zero-order valence-electron chi connectivity index (χ0n) is 41.4. The molecule has 0 aromatic rings. The molecule has 0 radical (unpaired) electrons. The molecule has 0 aliphatic carbocycles. The van der Waals surface area contributed by atoms with Crippen molar-refractivity contribution in [3.63, 3.8) is 0 Å². The Morgan fingerprint density at radius 3 is 1.29 bits per heavy atom. The Labute approximate surface area is 404 Å². The molecule has 3 aliphatic heterocycles. The molecule has 3 saturated heterocycles. The van der Waals surface area contributed by atoms with Crippen molar-refractivity contribution in [1.29, 1.82) is 0 Å². The zero-order valence-corrected chi connectivity index (χ0v) is 43.4. The average Bonchev–Trinajstić information content (AvgIpc) is 3.30. The first-order valence-electron chi connectivity index (χ1n) is 22.4. The predicted octanol–water partition coefficient (Wildman–Crippen LogP) is 6.42. The van der Waals surface area contributed by atoms with Crippen LogP contribution in [0.25, 0.3) is 0 Å². The van der Waals surface area contributed by atoms with Gasteiger partial charge < -0.3 is 43.1 Å². The molecule has 65 heavy (non-hydrogen) atoms. The number of methoxy groups -OCH3 is 3. The molecule has 3 aliphatic rings. The number of amides is 3. The number of ether oxygens (including phenoxy) is 6. The van der Waals surface area contributed by atoms with E-state index in [4.69, 9.17) is 28.4 Å². The summed E-state index contributed by atoms with van der Waals surface area (Å²) in [5, 5.41) is 0. The molecule has 0 aromatic heterocycles. The van der Waals surface area contributed by atoms with Gasteiger partial charge in [-0.25, -0.2) is 4.79 Å². The molecule has 376 valence electrons. The molecule has 3 rings (SSSR count). The third-order valence-electron chi connectivity index (χ3n) is 12.0. The molecule has 17 heteroatoms. The summed E-state index contributed by atoms with van der Waals surface area (Å²) in [5.74, 6) is -1.78. The van der Waals surface area contributed by atoms with Crippen LogP contribution in [-0.2, 0) is 57.2 Å². The van der Waals surface area contributed by atoms with E-state index in [1.54, 1.807) is 20.8 Å². The Bertz CT molecular complexity index is 1500. The largest absolute Gasteiger partial charge is 0.469 e. The Kier molecular flexibility index (Phi) is 32.5. The van der Waals surface area contributed by atoms with Gasteiger partial charge in [-0.15, -0.1) is 13.2 Å². The van der Waals surface area contributed by atoms with E-state index < -0.39 is 5.97 Å². The molecule has 0 aromatic carbocycles. The number of morpholine rings is 3. The average molecular weight is 960 g/mol. The van der Waals surface area contributed by atoms with E-state index in [-0.39, 0.29) is 104 Å². The summed E-state index contributed by atoms with van der Waals surface area (Å²) in [7, 11) is 4.08. The first kappa shape index (κ1) is 63.7. The van der Waals surface area contributed by atoms with Crippen molar-refractivity contribution in [2.24, 2.45) is 28.1 Å². The maximum Gasteiger partial charge on any atom is 0.333 e. The van der Waals surface area contributed by atoms with Gasteiger partial charge in [-0.1, -0.05) is 73.1 Å². The number of esters is 3. The summed E-state index contributed by atoms with van der Waals surface area (Å²) < 4.78 is 30.2. The SMILES string of the molecule is C=CC(C)(C)C/C=C(\CC(=O)N1CCOCC1)C(=O)OC.C=CC(C)(C)CC[C@H](CC(=O)N1CCOCC1)C(=O)OC.CCC(C)(C)CC[C@H](CC(=O)N1CCOCC1)C(=O)OC.S.S. The van der Waals surface area contributed by atoms with E-state index in [0.29, 0.717) is 104 Å². The quantitative estimate of drug-likeness (QED) is 0.0570. The van der Waals surface area contributed by atoms with Gasteiger partial charge in [-0.2, -0.15) is 27.0 Å². The van der Waals surface area contributed by atoms with Gasteiger partial charge in [0, 0.05) is 57.7 Å². The third-order valence-corrected chi connectivity index (χ3v) is 12.0. The lowest BCUT2D eigenvalue weighted by atomic mass is 9.82. The van der Waals surface area contributed by atoms with Gasteiger partial charge >= 0.3 is 17.9 Å². The maximum absolute atomic E-state index is 12.3. The third kappa shape index (κ3) is 25.9. The summed E-state index contributed by atoms with van der Waals surface area (Å²) in [6, 6.07) is 0. The van der Waals surface area contributed by atoms with Crippen molar-refractivity contribution in [1.82, 2.24) is 14.7 Å². The van der Waals surface area contributed by atoms with Crippen LogP contribution in [0, 0.1) is 28.1 Å². The van der Waals surface area contributed by atoms with E-state index >= 15 is 0 Å². The summed E-state index contributed by atoms with van der Waals surface area (Å²) in [4.78, 5) is 77.7. The van der Waals surface area contributed by atoms with Crippen LogP contribution in [0.5, 0.6) is 0 Å². The van der Waals surface area contributed by atoms with Gasteiger partial charge in [-0.3, -0.25) is 24.0 Å². The molecule has 15 nitrogen and oxygen atoms in total. The molecule has 0 bridgehead atoms. The number of hydrogen-bond acceptors (Lipinski definition) is 12. The van der Waals surface area contributed by atoms with E-state index in [2.05, 4.69) is 47.8 Å². The van der Waals surface area contributed by atoms with E-state index in [9.17, 15) is 28.8 Å². The summed E-state index contributed by atoms with van der Waals surface area (Å²) in [6.07, 6.45) is 10.7. The Balaban J connectivity index is 0. The van der Waals surface area contributed by atoms with Gasteiger partial charge in [0.15, 0.2) is 0 Å². The smallest absolute Gasteiger partial charge is 0.333 e. The van der Waals surface area contributed by atoms with Gasteiger partial charge in [-0.05, 0) is 48.3 Å². The minimum absolute atomic E-state index is 0. The van der Waals surface area contributed by atoms with Gasteiger partial charge in [0.05, 0.1) is 79.2 Å². The lowest BCUT2D eigenvalue weighted by Gasteiger charge is -2.29. The Morgan fingerprint density at radius 2 is 0.954 bits per heavy atom. The van der Waals surface area contributed by atoms with Crippen molar-refractivity contribution >= 4 is 62.6 Å². The molecule has 3 heterocycles. The van der Waals surface area contributed by atoms with E-state index in [1.165, 1.54) is 21.3 Å². The van der Waals surface area contributed by atoms with Gasteiger partial charge in [0.1, 0.15) is 0 Å². The first-order chi connectivity index (χ1) is 29.7. The van der Waals surface area contributed by atoms with Crippen LogP contribution in [0.15, 0.2) is 37.0 Å². The minimum atomic E-state index is -0.448. The van der Waals surface area contributed by atoms with Crippen molar-refractivity contribution < 1.29 is 57.2 Å². The topological polar surface area (TPSA) is 168 Å². The fraction of sp³-hybridized carbons (Fsp3) is 0.750. The van der Waals surface area contributed by atoms with Crippen LogP contribution in [-0.4, -0.2) is 151 Å². The standard InChI is InChI=1S/C16H29NO4.C16H27NO4.C16H25NO4.2H2S/c3*1-5-16(2,3)7-6-13(15(19)20-4)12-14(18)17-8-10-21-11-9-17;;/h13H,5-12H2,1-4H3;5,13H,1,6-12H2,2-4H3;5-6H,1,7-12H2,2-4H3;2*1H2/b;;13-6+;;/t2*13-;;;/m11.../s1. The van der Waals surface area contributed by atoms with Crippen molar-refractivity contribution in [2.75, 3.05) is 100 Å². The number of allylic oxidation sites excluding steroid dienone is 3. The number of hydrogen-bond donors (Lipinski definition) is 0. The number of nitrogens with zero attached hydrogens (tertiary/aromatic N) is 3. The van der Waals surface area contributed by atoms with Crippen molar-refractivity contribution in [2.45, 2.75) is 106 Å². The fourth-order valence-corrected chi connectivity index (χ4v) is 6.55. The molecule has 0 unspecified atom stereocenters. The van der Waals surface area contributed by atoms with E-state index in [0.717, 1.165) is 19.3 Å². The first-order valence-corrected chi connectivity index (χ1v) is 22.4. The van der Waals surface area contributed by atoms with Crippen LogP contribution in [0.2, 0.25) is 0 Å². The van der Waals surface area contributed by atoms with Crippen LogP contribution in [0.4, 0.5) is 0 Å². The number of rotatable bonds is 20. The molecule has 0 N–H and O–H groups in total. The van der Waals surface area contributed by atoms with E-state index in [1.807, 2.05) is 26.0 Å². The Hall–Kier alpha value is -3.38.